The second-order valence-electron chi connectivity index (χ2n) is 5.07. The fourth-order valence-electron chi connectivity index (χ4n) is 2.20. The summed E-state index contributed by atoms with van der Waals surface area (Å²) < 4.78 is 25.8. The Hall–Kier alpha value is -2.51. The van der Waals surface area contributed by atoms with Crippen molar-refractivity contribution in [1.29, 1.82) is 0 Å². The van der Waals surface area contributed by atoms with Crippen LogP contribution in [-0.4, -0.2) is 19.3 Å². The summed E-state index contributed by atoms with van der Waals surface area (Å²) in [5.41, 5.74) is 2.86. The number of nitrogens with one attached hydrogen (secondary N) is 1. The third kappa shape index (κ3) is 3.87. The lowest BCUT2D eigenvalue weighted by Crippen LogP contribution is -2.31. The van der Waals surface area contributed by atoms with Crippen LogP contribution >= 0.6 is 11.3 Å². The number of thiazole rings is 1. The van der Waals surface area contributed by atoms with Crippen LogP contribution in [0.25, 0.3) is 11.1 Å². The molecule has 1 N–H and O–H groups in total. The maximum Gasteiger partial charge on any atom is 0.291 e. The standard InChI is InChI=1S/C17H14N2O3S2/c20-16(19-24(21,22)17-18-10-11-23-17)12-13-6-8-15(9-7-13)14-4-2-1-3-5-14/h1-11H,12H2,(H,19,20). The van der Waals surface area contributed by atoms with Gasteiger partial charge < -0.3 is 0 Å². The van der Waals surface area contributed by atoms with Crippen molar-refractivity contribution in [2.75, 3.05) is 0 Å². The molecule has 0 bridgehead atoms. The smallest absolute Gasteiger partial charge is 0.274 e. The van der Waals surface area contributed by atoms with Crippen LogP contribution in [-0.2, 0) is 21.2 Å². The lowest BCUT2D eigenvalue weighted by molar-refractivity contribution is -0.118. The monoisotopic (exact) mass is 358 g/mol. The highest BCUT2D eigenvalue weighted by molar-refractivity contribution is 7.92. The number of carbonyl (C=O) groups is 1. The van der Waals surface area contributed by atoms with E-state index < -0.39 is 15.9 Å². The topological polar surface area (TPSA) is 76.1 Å². The molecule has 0 aliphatic heterocycles. The van der Waals surface area contributed by atoms with Gasteiger partial charge in [0.15, 0.2) is 0 Å². The molecule has 1 aromatic heterocycles. The SMILES string of the molecule is O=C(Cc1ccc(-c2ccccc2)cc1)NS(=O)(=O)c1nccs1. The van der Waals surface area contributed by atoms with Gasteiger partial charge >= 0.3 is 0 Å². The van der Waals surface area contributed by atoms with Gasteiger partial charge in [-0.15, -0.1) is 11.3 Å². The Kier molecular flexibility index (Phi) is 4.73. The van der Waals surface area contributed by atoms with Crippen LogP contribution in [0, 0.1) is 0 Å². The van der Waals surface area contributed by atoms with Crippen molar-refractivity contribution in [3.05, 3.63) is 71.7 Å². The van der Waals surface area contributed by atoms with Crippen LogP contribution in [0.15, 0.2) is 70.5 Å². The Labute approximate surface area is 144 Å². The zero-order chi connectivity index (χ0) is 17.0. The largest absolute Gasteiger partial charge is 0.291 e. The number of amides is 1. The first kappa shape index (κ1) is 16.4. The van der Waals surface area contributed by atoms with Gasteiger partial charge in [-0.25, -0.2) is 9.71 Å². The fraction of sp³-hybridized carbons (Fsp3) is 0.0588. The summed E-state index contributed by atoms with van der Waals surface area (Å²) in [5, 5.41) is 1.54. The number of aromatic nitrogens is 1. The molecule has 0 aliphatic carbocycles. The van der Waals surface area contributed by atoms with E-state index in [-0.39, 0.29) is 10.8 Å². The van der Waals surface area contributed by atoms with Crippen molar-refractivity contribution in [3.63, 3.8) is 0 Å². The van der Waals surface area contributed by atoms with Gasteiger partial charge in [0.05, 0.1) is 6.42 Å². The summed E-state index contributed by atoms with van der Waals surface area (Å²) in [7, 11) is -3.88. The molecule has 5 nitrogen and oxygen atoms in total. The summed E-state index contributed by atoms with van der Waals surface area (Å²) in [4.78, 5) is 15.7. The molecular weight excluding hydrogens is 344 g/mol. The van der Waals surface area contributed by atoms with Gasteiger partial charge in [-0.05, 0) is 16.7 Å². The summed E-state index contributed by atoms with van der Waals surface area (Å²) in [6, 6.07) is 17.3. The molecule has 122 valence electrons. The molecule has 3 rings (SSSR count). The number of hydrogen-bond acceptors (Lipinski definition) is 5. The van der Waals surface area contributed by atoms with Crippen LogP contribution in [0.3, 0.4) is 0 Å². The maximum absolute atomic E-state index is 12.0. The average Bonchev–Trinajstić information content (AvgIpc) is 3.11. The Balaban J connectivity index is 1.67. The van der Waals surface area contributed by atoms with Gasteiger partial charge in [0.25, 0.3) is 10.0 Å². The van der Waals surface area contributed by atoms with Crippen molar-refractivity contribution in [1.82, 2.24) is 9.71 Å². The molecule has 24 heavy (non-hydrogen) atoms. The second-order valence-corrected chi connectivity index (χ2v) is 7.82. The molecule has 1 amide bonds. The Bertz CT molecular complexity index is 920. The van der Waals surface area contributed by atoms with E-state index >= 15 is 0 Å². The molecule has 2 aromatic carbocycles. The van der Waals surface area contributed by atoms with Crippen molar-refractivity contribution in [2.24, 2.45) is 0 Å². The van der Waals surface area contributed by atoms with Crippen LogP contribution in [0.1, 0.15) is 5.56 Å². The third-order valence-corrected chi connectivity index (χ3v) is 5.89. The van der Waals surface area contributed by atoms with E-state index in [1.54, 1.807) is 5.38 Å². The van der Waals surface area contributed by atoms with Gasteiger partial charge in [-0.2, -0.15) is 8.42 Å². The first-order valence-electron chi connectivity index (χ1n) is 7.14. The zero-order valence-electron chi connectivity index (χ0n) is 12.5. The number of benzene rings is 2. The normalized spacial score (nSPS) is 11.2. The minimum Gasteiger partial charge on any atom is -0.274 e. The minimum atomic E-state index is -3.88. The van der Waals surface area contributed by atoms with Gasteiger partial charge in [-0.1, -0.05) is 54.6 Å². The number of rotatable bonds is 5. The van der Waals surface area contributed by atoms with Gasteiger partial charge in [0.2, 0.25) is 10.2 Å². The van der Waals surface area contributed by atoms with Crippen LogP contribution < -0.4 is 4.72 Å². The van der Waals surface area contributed by atoms with Crippen LogP contribution in [0.4, 0.5) is 0 Å². The van der Waals surface area contributed by atoms with Gasteiger partial charge in [0.1, 0.15) is 0 Å². The quantitative estimate of drug-likeness (QED) is 0.761. The van der Waals surface area contributed by atoms with Crippen molar-refractivity contribution >= 4 is 27.3 Å². The molecule has 7 heteroatoms. The van der Waals surface area contributed by atoms with Crippen LogP contribution in [0.2, 0.25) is 0 Å². The molecule has 0 saturated carbocycles. The van der Waals surface area contributed by atoms with Gasteiger partial charge in [-0.3, -0.25) is 4.79 Å². The molecule has 0 unspecified atom stereocenters. The summed E-state index contributed by atoms with van der Waals surface area (Å²) in [6.45, 7) is 0. The van der Waals surface area contributed by atoms with E-state index in [1.165, 1.54) is 6.20 Å². The lowest BCUT2D eigenvalue weighted by atomic mass is 10.0. The molecule has 0 aliphatic rings. The van der Waals surface area contributed by atoms with E-state index in [2.05, 4.69) is 4.98 Å². The predicted molar refractivity (Wildman–Crippen MR) is 93.0 cm³/mol. The Morgan fingerprint density at radius 2 is 1.67 bits per heavy atom. The van der Waals surface area contributed by atoms with Crippen LogP contribution in [0.5, 0.6) is 0 Å². The summed E-state index contributed by atoms with van der Waals surface area (Å²) >= 11 is 0.964. The molecule has 0 atom stereocenters. The number of sulfonamides is 1. The molecule has 1 heterocycles. The second kappa shape index (κ2) is 6.94. The van der Waals surface area contributed by atoms with Crippen molar-refractivity contribution < 1.29 is 13.2 Å². The summed E-state index contributed by atoms with van der Waals surface area (Å²) in [6.07, 6.45) is 1.37. The predicted octanol–water partition coefficient (Wildman–Crippen LogP) is 2.86. The van der Waals surface area contributed by atoms with E-state index in [1.807, 2.05) is 59.3 Å². The molecule has 0 saturated heterocycles. The lowest BCUT2D eigenvalue weighted by Gasteiger charge is -2.06. The molecule has 0 fully saturated rings. The zero-order valence-corrected chi connectivity index (χ0v) is 14.2. The first-order chi connectivity index (χ1) is 11.5. The number of carbonyl (C=O) groups excluding carboxylic acids is 1. The van der Waals surface area contributed by atoms with Crippen molar-refractivity contribution in [3.8, 4) is 11.1 Å². The summed E-state index contributed by atoms with van der Waals surface area (Å²) in [5.74, 6) is -0.585. The molecule has 0 radical (unpaired) electrons. The Morgan fingerprint density at radius 1 is 1.00 bits per heavy atom. The highest BCUT2D eigenvalue weighted by atomic mass is 32.2. The minimum absolute atomic E-state index is 0.0142. The first-order valence-corrected chi connectivity index (χ1v) is 9.50. The third-order valence-electron chi connectivity index (χ3n) is 3.31. The Morgan fingerprint density at radius 3 is 2.29 bits per heavy atom. The van der Waals surface area contributed by atoms with E-state index in [0.29, 0.717) is 0 Å². The number of hydrogen-bond donors (Lipinski definition) is 1. The molecule has 0 spiro atoms. The van der Waals surface area contributed by atoms with E-state index in [0.717, 1.165) is 28.0 Å². The maximum atomic E-state index is 12.0. The highest BCUT2D eigenvalue weighted by Crippen LogP contribution is 2.19. The van der Waals surface area contributed by atoms with E-state index in [4.69, 9.17) is 0 Å². The number of nitrogens with zero attached hydrogens (tertiary/aromatic N) is 1. The molecular formula is C17H14N2O3S2. The van der Waals surface area contributed by atoms with Crippen molar-refractivity contribution in [2.45, 2.75) is 10.8 Å². The average molecular weight is 358 g/mol. The highest BCUT2D eigenvalue weighted by Gasteiger charge is 2.20. The van der Waals surface area contributed by atoms with E-state index in [9.17, 15) is 13.2 Å². The fourth-order valence-corrected chi connectivity index (χ4v) is 4.02. The molecule has 3 aromatic rings. The van der Waals surface area contributed by atoms with Gasteiger partial charge in [0, 0.05) is 11.6 Å².